The molecule has 5 aliphatic rings. The molecular formula is C88H66B2N6O. The Hall–Kier alpha value is -12.2. The van der Waals surface area contributed by atoms with E-state index in [1.54, 1.807) is 0 Å². The van der Waals surface area contributed by atoms with Crippen LogP contribution in [0.25, 0.3) is 0 Å². The van der Waals surface area contributed by atoms with Gasteiger partial charge in [-0.15, -0.1) is 0 Å². The minimum absolute atomic E-state index is 0.201. The molecule has 5 aliphatic heterocycles. The molecule has 0 unspecified atom stereocenters. The van der Waals surface area contributed by atoms with Crippen LogP contribution < -0.4 is 66.9 Å². The van der Waals surface area contributed by atoms with Gasteiger partial charge in [0.1, 0.15) is 11.5 Å². The highest BCUT2D eigenvalue weighted by atomic mass is 16.5. The van der Waals surface area contributed by atoms with Crippen molar-refractivity contribution in [2.75, 3.05) is 29.4 Å². The van der Waals surface area contributed by atoms with E-state index in [2.05, 4.69) is 378 Å². The second kappa shape index (κ2) is 23.1. The molecule has 0 aliphatic carbocycles. The van der Waals surface area contributed by atoms with Crippen molar-refractivity contribution in [3.8, 4) is 11.5 Å². The van der Waals surface area contributed by atoms with E-state index in [-0.39, 0.29) is 13.4 Å². The summed E-state index contributed by atoms with van der Waals surface area (Å²) in [5.74, 6) is 1.63. The standard InChI is InChI=1S/C88H66B2N6O/c1-5-6-14-33-60(2)91(61-34-15-7-16-35-61)69-54-83-87-85(55-69)97-84-59-78-71(88(3,4)70-48-29-31-50-76(70)93(78)64-40-21-10-22-41-64)56-75(84)90(87)74-57-73-79(58-80(74)96(83)67-46-27-13-28-47-67)95(66-44-25-12-26-45-66)82-53-68(92(62-36-17-8-18-37-62)63-38-19-9-20-39-63)52-81-86(82)89(73)72-49-30-32-51-77(72)94(81)65-42-23-11-24-43-65/h5-59H,1H2,2-4H3/b14-6-,60-33+. The molecule has 460 valence electrons. The van der Waals surface area contributed by atoms with Crippen molar-refractivity contribution in [2.24, 2.45) is 0 Å². The lowest BCUT2D eigenvalue weighted by molar-refractivity contribution is 0.487. The Morgan fingerprint density at radius 2 is 0.794 bits per heavy atom. The lowest BCUT2D eigenvalue weighted by Gasteiger charge is -2.47. The van der Waals surface area contributed by atoms with Gasteiger partial charge in [0, 0.05) is 97.2 Å². The van der Waals surface area contributed by atoms with Crippen LogP contribution in [0.4, 0.5) is 96.7 Å². The molecule has 0 bridgehead atoms. The van der Waals surface area contributed by atoms with E-state index >= 15 is 0 Å². The van der Waals surface area contributed by atoms with Crippen molar-refractivity contribution in [3.63, 3.8) is 0 Å². The Balaban J connectivity index is 0.961. The third-order valence-electron chi connectivity index (χ3n) is 20.2. The van der Waals surface area contributed by atoms with Crippen LogP contribution in [0.3, 0.4) is 0 Å². The number of hydrogen-bond donors (Lipinski definition) is 0. The maximum absolute atomic E-state index is 7.79. The maximum Gasteiger partial charge on any atom is 0.256 e. The number of nitrogens with zero attached hydrogens (tertiary/aromatic N) is 6. The van der Waals surface area contributed by atoms with Crippen molar-refractivity contribution in [3.05, 3.63) is 357 Å². The normalized spacial score (nSPS) is 14.0. The van der Waals surface area contributed by atoms with E-state index in [0.717, 1.165) is 125 Å². The third kappa shape index (κ3) is 9.21. The second-order valence-electron chi connectivity index (χ2n) is 26.1. The minimum Gasteiger partial charge on any atom is -0.458 e. The van der Waals surface area contributed by atoms with Crippen LogP contribution in [-0.2, 0) is 5.41 Å². The molecule has 0 fully saturated rings. The Morgan fingerprint density at radius 1 is 0.351 bits per heavy atom. The quantitative estimate of drug-likeness (QED) is 0.0889. The van der Waals surface area contributed by atoms with Crippen molar-refractivity contribution >= 4 is 143 Å². The summed E-state index contributed by atoms with van der Waals surface area (Å²) in [7, 11) is 0. The van der Waals surface area contributed by atoms with Crippen molar-refractivity contribution in [2.45, 2.75) is 26.2 Å². The highest BCUT2D eigenvalue weighted by Crippen LogP contribution is 2.55. The fraction of sp³-hybridized carbons (Fsp3) is 0.0455. The lowest BCUT2D eigenvalue weighted by atomic mass is 9.30. The molecule has 0 atom stereocenters. The summed E-state index contributed by atoms with van der Waals surface area (Å²) in [6.45, 7) is 10.5. The molecule has 13 aromatic carbocycles. The molecule has 0 aromatic heterocycles. The van der Waals surface area contributed by atoms with Crippen LogP contribution in [0.15, 0.2) is 346 Å². The van der Waals surface area contributed by atoms with Crippen LogP contribution in [0, 0.1) is 0 Å². The van der Waals surface area contributed by atoms with Crippen LogP contribution in [0.1, 0.15) is 31.9 Å². The number of ether oxygens (including phenoxy) is 1. The number of rotatable bonds is 12. The predicted octanol–water partition coefficient (Wildman–Crippen LogP) is 19.5. The second-order valence-corrected chi connectivity index (χ2v) is 26.1. The van der Waals surface area contributed by atoms with Gasteiger partial charge in [-0.25, -0.2) is 0 Å². The highest BCUT2D eigenvalue weighted by molar-refractivity contribution is 7.02. The van der Waals surface area contributed by atoms with E-state index in [4.69, 9.17) is 4.74 Å². The van der Waals surface area contributed by atoms with Crippen molar-refractivity contribution < 1.29 is 4.74 Å². The summed E-state index contributed by atoms with van der Waals surface area (Å²) in [5, 5.41) is 0. The molecular weight excluding hydrogens is 1180 g/mol. The van der Waals surface area contributed by atoms with Crippen molar-refractivity contribution in [1.82, 2.24) is 0 Å². The van der Waals surface area contributed by atoms with Crippen molar-refractivity contribution in [1.29, 1.82) is 0 Å². The monoisotopic (exact) mass is 1240 g/mol. The molecule has 9 heteroatoms. The first-order valence-corrected chi connectivity index (χ1v) is 33.5. The Morgan fingerprint density at radius 3 is 1.34 bits per heavy atom. The predicted molar refractivity (Wildman–Crippen MR) is 409 cm³/mol. The average Bonchev–Trinajstić information content (AvgIpc) is 0.688. The number of anilines is 17. The molecule has 0 spiro atoms. The summed E-state index contributed by atoms with van der Waals surface area (Å²) in [6.07, 6.45) is 8.03. The van der Waals surface area contributed by atoms with Crippen LogP contribution in [0.5, 0.6) is 11.5 Å². The van der Waals surface area contributed by atoms with Gasteiger partial charge in [-0.05, 0) is 178 Å². The zero-order valence-corrected chi connectivity index (χ0v) is 54.2. The third-order valence-corrected chi connectivity index (χ3v) is 20.2. The zero-order chi connectivity index (χ0) is 64.9. The molecule has 0 saturated carbocycles. The molecule has 7 nitrogen and oxygen atoms in total. The maximum atomic E-state index is 7.79. The van der Waals surface area contributed by atoms with Gasteiger partial charge in [0.25, 0.3) is 13.4 Å². The van der Waals surface area contributed by atoms with Gasteiger partial charge in [-0.3, -0.25) is 0 Å². The van der Waals surface area contributed by atoms with E-state index < -0.39 is 5.41 Å². The number of allylic oxidation sites excluding steroid dienone is 5. The molecule has 0 radical (unpaired) electrons. The first-order valence-electron chi connectivity index (χ1n) is 33.5. The molecule has 0 amide bonds. The molecule has 97 heavy (non-hydrogen) atoms. The van der Waals surface area contributed by atoms with E-state index in [1.807, 2.05) is 12.2 Å². The average molecular weight is 1250 g/mol. The van der Waals surface area contributed by atoms with Gasteiger partial charge in [0.2, 0.25) is 0 Å². The summed E-state index contributed by atoms with van der Waals surface area (Å²) in [5.41, 5.74) is 28.6. The summed E-state index contributed by atoms with van der Waals surface area (Å²) in [6, 6.07) is 114. The van der Waals surface area contributed by atoms with Gasteiger partial charge < -0.3 is 34.1 Å². The highest BCUT2D eigenvalue weighted by Gasteiger charge is 2.50. The van der Waals surface area contributed by atoms with Gasteiger partial charge in [0.15, 0.2) is 0 Å². The smallest absolute Gasteiger partial charge is 0.256 e. The van der Waals surface area contributed by atoms with Crippen LogP contribution >= 0.6 is 0 Å². The fourth-order valence-electron chi connectivity index (χ4n) is 16.1. The van der Waals surface area contributed by atoms with Gasteiger partial charge in [-0.1, -0.05) is 215 Å². The van der Waals surface area contributed by atoms with E-state index in [9.17, 15) is 0 Å². The summed E-state index contributed by atoms with van der Waals surface area (Å²) in [4.78, 5) is 14.8. The number of para-hydroxylation sites is 9. The number of benzene rings is 13. The number of fused-ring (bicyclic) bond motifs is 10. The summed E-state index contributed by atoms with van der Waals surface area (Å²) >= 11 is 0. The molecule has 5 heterocycles. The first-order chi connectivity index (χ1) is 47.8. The summed E-state index contributed by atoms with van der Waals surface area (Å²) < 4.78 is 7.79. The van der Waals surface area contributed by atoms with E-state index in [0.29, 0.717) is 0 Å². The van der Waals surface area contributed by atoms with Gasteiger partial charge in [0.05, 0.1) is 22.7 Å². The molecule has 0 saturated heterocycles. The first kappa shape index (κ1) is 57.5. The van der Waals surface area contributed by atoms with Crippen LogP contribution in [0.2, 0.25) is 0 Å². The zero-order valence-electron chi connectivity index (χ0n) is 54.2. The molecule has 13 aromatic rings. The largest absolute Gasteiger partial charge is 0.458 e. The minimum atomic E-state index is -0.398. The molecule has 18 rings (SSSR count). The number of hydrogen-bond acceptors (Lipinski definition) is 7. The van der Waals surface area contributed by atoms with Gasteiger partial charge in [-0.2, -0.15) is 0 Å². The Kier molecular flexibility index (Phi) is 13.7. The van der Waals surface area contributed by atoms with Crippen LogP contribution in [-0.4, -0.2) is 13.4 Å². The molecule has 0 N–H and O–H groups in total. The SMILES string of the molecule is C=C/C=C\C=C(/C)N(c1ccccc1)c1cc2c3c(c1)N(c1ccccc1)c1cc4c(cc1B3c1cc3c(cc1O2)N(c1ccccc1)c1ccccc1C3(C)C)B1c2ccccc2N(c2ccccc2)c2cc(N(c3ccccc3)c3ccccc3)cc(c21)N4c1ccccc1. The Bertz CT molecular complexity index is 5260. The lowest BCUT2D eigenvalue weighted by Crippen LogP contribution is -2.64. The van der Waals surface area contributed by atoms with Gasteiger partial charge >= 0.3 is 0 Å². The topological polar surface area (TPSA) is 28.7 Å². The fourth-order valence-corrected chi connectivity index (χ4v) is 16.1. The Labute approximate surface area is 568 Å². The van der Waals surface area contributed by atoms with E-state index in [1.165, 1.54) is 33.0 Å².